The normalized spacial score (nSPS) is 11.6. The number of hydrogen-bond acceptors (Lipinski definition) is 6. The van der Waals surface area contributed by atoms with Gasteiger partial charge in [-0.05, 0) is 68.4 Å². The number of hydrogen-bond donors (Lipinski definition) is 0. The molecule has 0 aliphatic heterocycles. The first kappa shape index (κ1) is 26.3. The number of sulfone groups is 1. The first-order chi connectivity index (χ1) is 14.6. The Bertz CT molecular complexity index is 1200. The zero-order chi connectivity index (χ0) is 22.8. The second kappa shape index (κ2) is 10.7. The maximum Gasteiger partial charge on any atom is 0.260 e. The Morgan fingerprint density at radius 2 is 1.69 bits per heavy atom. The maximum absolute atomic E-state index is 13.5. The van der Waals surface area contributed by atoms with Crippen LogP contribution in [0.4, 0.5) is 5.13 Å². The van der Waals surface area contributed by atoms with Crippen LogP contribution < -0.4 is 4.90 Å². The third-order valence-corrected chi connectivity index (χ3v) is 7.69. The van der Waals surface area contributed by atoms with Crippen LogP contribution in [0.3, 0.4) is 0 Å². The topological polar surface area (TPSA) is 70.6 Å². The zero-order valence-electron chi connectivity index (χ0n) is 19.1. The molecule has 1 aromatic heterocycles. The number of likely N-dealkylation sites (N-methyl/N-ethyl adjacent to an activating group) is 1. The molecule has 0 aliphatic carbocycles. The minimum atomic E-state index is -3.31. The van der Waals surface area contributed by atoms with E-state index in [1.807, 2.05) is 32.0 Å². The molecular formula is C23H30ClN3O3S2. The highest BCUT2D eigenvalue weighted by Crippen LogP contribution is 2.31. The van der Waals surface area contributed by atoms with Gasteiger partial charge in [0.05, 0.1) is 15.1 Å². The highest BCUT2D eigenvalue weighted by Gasteiger charge is 2.23. The highest BCUT2D eigenvalue weighted by molar-refractivity contribution is 7.90. The van der Waals surface area contributed by atoms with Gasteiger partial charge in [0.25, 0.3) is 5.91 Å². The lowest BCUT2D eigenvalue weighted by Gasteiger charge is -2.25. The number of anilines is 1. The van der Waals surface area contributed by atoms with Crippen LogP contribution in [-0.2, 0) is 9.84 Å². The molecule has 0 unspecified atom stereocenters. The van der Waals surface area contributed by atoms with Gasteiger partial charge in [0.15, 0.2) is 15.0 Å². The molecule has 174 valence electrons. The summed E-state index contributed by atoms with van der Waals surface area (Å²) in [6.45, 7) is 11.3. The summed E-state index contributed by atoms with van der Waals surface area (Å²) in [5.41, 5.74) is 3.52. The molecule has 0 fully saturated rings. The number of rotatable bonds is 8. The van der Waals surface area contributed by atoms with E-state index in [1.165, 1.54) is 17.6 Å². The summed E-state index contributed by atoms with van der Waals surface area (Å²) in [7, 11) is -3.31. The van der Waals surface area contributed by atoms with Crippen LogP contribution in [0, 0.1) is 13.8 Å². The molecule has 0 saturated heterocycles. The Kier molecular flexibility index (Phi) is 8.82. The van der Waals surface area contributed by atoms with Crippen LogP contribution in [0.1, 0.15) is 35.3 Å². The Hall–Kier alpha value is -2.00. The number of aryl methyl sites for hydroxylation is 2. The Morgan fingerprint density at radius 3 is 2.28 bits per heavy atom. The lowest BCUT2D eigenvalue weighted by Crippen LogP contribution is -2.38. The second-order valence-electron chi connectivity index (χ2n) is 7.68. The number of aromatic nitrogens is 1. The number of amides is 1. The van der Waals surface area contributed by atoms with Crippen LogP contribution in [0.15, 0.2) is 41.3 Å². The van der Waals surface area contributed by atoms with Gasteiger partial charge in [0.1, 0.15) is 0 Å². The van der Waals surface area contributed by atoms with Crippen molar-refractivity contribution in [3.8, 4) is 0 Å². The number of benzene rings is 2. The van der Waals surface area contributed by atoms with Gasteiger partial charge < -0.3 is 4.90 Å². The van der Waals surface area contributed by atoms with Crippen molar-refractivity contribution in [1.82, 2.24) is 9.88 Å². The molecule has 0 saturated carbocycles. The second-order valence-corrected chi connectivity index (χ2v) is 10.7. The van der Waals surface area contributed by atoms with Crippen LogP contribution in [0.5, 0.6) is 0 Å². The Balaban J connectivity index is 0.00000363. The van der Waals surface area contributed by atoms with Crippen molar-refractivity contribution in [2.75, 3.05) is 37.3 Å². The van der Waals surface area contributed by atoms with E-state index in [0.717, 1.165) is 35.5 Å². The molecule has 1 amide bonds. The van der Waals surface area contributed by atoms with Crippen molar-refractivity contribution < 1.29 is 13.2 Å². The van der Waals surface area contributed by atoms with Gasteiger partial charge in [-0.3, -0.25) is 9.69 Å². The fourth-order valence-electron chi connectivity index (χ4n) is 3.33. The molecule has 2 aromatic carbocycles. The van der Waals surface area contributed by atoms with Crippen LogP contribution in [0.2, 0.25) is 0 Å². The van der Waals surface area contributed by atoms with E-state index in [2.05, 4.69) is 23.7 Å². The molecule has 32 heavy (non-hydrogen) atoms. The fourth-order valence-corrected chi connectivity index (χ4v) is 5.09. The quantitative estimate of drug-likeness (QED) is 0.452. The average Bonchev–Trinajstić information content (AvgIpc) is 3.15. The molecule has 0 aliphatic rings. The third kappa shape index (κ3) is 5.86. The minimum absolute atomic E-state index is 0. The summed E-state index contributed by atoms with van der Waals surface area (Å²) < 4.78 is 24.6. The number of nitrogens with zero attached hydrogens (tertiary/aromatic N) is 3. The predicted molar refractivity (Wildman–Crippen MR) is 135 cm³/mol. The first-order valence-corrected chi connectivity index (χ1v) is 13.1. The van der Waals surface area contributed by atoms with Crippen molar-refractivity contribution in [1.29, 1.82) is 0 Å². The largest absolute Gasteiger partial charge is 0.302 e. The molecule has 0 radical (unpaired) electrons. The lowest BCUT2D eigenvalue weighted by molar-refractivity contribution is 0.0983. The fraction of sp³-hybridized carbons (Fsp3) is 0.391. The Labute approximate surface area is 200 Å². The molecule has 0 N–H and O–H groups in total. The molecule has 9 heteroatoms. The number of fused-ring (bicyclic) bond motifs is 1. The number of halogens is 1. The minimum Gasteiger partial charge on any atom is -0.302 e. The maximum atomic E-state index is 13.5. The molecule has 0 spiro atoms. The summed E-state index contributed by atoms with van der Waals surface area (Å²) in [5, 5.41) is 0.580. The van der Waals surface area contributed by atoms with Gasteiger partial charge in [-0.25, -0.2) is 13.4 Å². The first-order valence-electron chi connectivity index (χ1n) is 10.4. The standard InChI is InChI=1S/C23H29N3O3S2.ClH/c1-6-25(7-2)12-13-26(22(27)18-9-8-16(3)17(4)14-18)23-24-20-11-10-19(31(5,28)29)15-21(20)30-23;/h8-11,14-15H,6-7,12-13H2,1-5H3;1H. The van der Waals surface area contributed by atoms with E-state index in [-0.39, 0.29) is 23.2 Å². The molecule has 1 heterocycles. The molecular weight excluding hydrogens is 466 g/mol. The van der Waals surface area contributed by atoms with Crippen LogP contribution in [-0.4, -0.2) is 56.6 Å². The van der Waals surface area contributed by atoms with Crippen molar-refractivity contribution >= 4 is 54.8 Å². The van der Waals surface area contributed by atoms with E-state index in [1.54, 1.807) is 23.1 Å². The summed E-state index contributed by atoms with van der Waals surface area (Å²) in [4.78, 5) is 22.4. The summed E-state index contributed by atoms with van der Waals surface area (Å²) in [6.07, 6.45) is 1.19. The molecule has 6 nitrogen and oxygen atoms in total. The number of carbonyl (C=O) groups is 1. The van der Waals surface area contributed by atoms with E-state index < -0.39 is 9.84 Å². The predicted octanol–water partition coefficient (Wildman–Crippen LogP) is 4.73. The number of carbonyl (C=O) groups excluding carboxylic acids is 1. The van der Waals surface area contributed by atoms with Gasteiger partial charge in [-0.15, -0.1) is 12.4 Å². The van der Waals surface area contributed by atoms with E-state index in [0.29, 0.717) is 22.8 Å². The lowest BCUT2D eigenvalue weighted by atomic mass is 10.1. The van der Waals surface area contributed by atoms with E-state index in [9.17, 15) is 13.2 Å². The monoisotopic (exact) mass is 495 g/mol. The van der Waals surface area contributed by atoms with Crippen molar-refractivity contribution in [3.63, 3.8) is 0 Å². The van der Waals surface area contributed by atoms with Crippen molar-refractivity contribution in [3.05, 3.63) is 53.1 Å². The highest BCUT2D eigenvalue weighted by atomic mass is 35.5. The summed E-state index contributed by atoms with van der Waals surface area (Å²) in [5.74, 6) is -0.0994. The summed E-state index contributed by atoms with van der Waals surface area (Å²) in [6, 6.07) is 10.6. The van der Waals surface area contributed by atoms with Gasteiger partial charge in [-0.2, -0.15) is 0 Å². The average molecular weight is 496 g/mol. The van der Waals surface area contributed by atoms with Crippen molar-refractivity contribution in [2.24, 2.45) is 0 Å². The Morgan fingerprint density at radius 1 is 1.00 bits per heavy atom. The smallest absolute Gasteiger partial charge is 0.260 e. The van der Waals surface area contributed by atoms with E-state index in [4.69, 9.17) is 0 Å². The molecule has 0 atom stereocenters. The van der Waals surface area contributed by atoms with Crippen LogP contribution >= 0.6 is 23.7 Å². The summed E-state index contributed by atoms with van der Waals surface area (Å²) >= 11 is 1.34. The molecule has 3 rings (SSSR count). The van der Waals surface area contributed by atoms with Gasteiger partial charge in [0.2, 0.25) is 0 Å². The third-order valence-electron chi connectivity index (χ3n) is 5.54. The van der Waals surface area contributed by atoms with Crippen LogP contribution in [0.25, 0.3) is 10.2 Å². The van der Waals surface area contributed by atoms with Gasteiger partial charge in [0, 0.05) is 24.9 Å². The molecule has 0 bridgehead atoms. The van der Waals surface area contributed by atoms with Gasteiger partial charge >= 0.3 is 0 Å². The van der Waals surface area contributed by atoms with E-state index >= 15 is 0 Å². The zero-order valence-corrected chi connectivity index (χ0v) is 21.5. The molecule has 3 aromatic rings. The van der Waals surface area contributed by atoms with Gasteiger partial charge in [-0.1, -0.05) is 31.3 Å². The SMILES string of the molecule is CCN(CC)CCN(C(=O)c1ccc(C)c(C)c1)c1nc2ccc(S(C)(=O)=O)cc2s1.Cl. The number of thiazole rings is 1. The van der Waals surface area contributed by atoms with Crippen molar-refractivity contribution in [2.45, 2.75) is 32.6 Å².